The van der Waals surface area contributed by atoms with E-state index in [9.17, 15) is 14.7 Å². The summed E-state index contributed by atoms with van der Waals surface area (Å²) in [5, 5.41) is 12.7. The van der Waals surface area contributed by atoms with Gasteiger partial charge in [0.1, 0.15) is 24.5 Å². The summed E-state index contributed by atoms with van der Waals surface area (Å²) in [6.07, 6.45) is 0.970. The van der Waals surface area contributed by atoms with E-state index in [0.29, 0.717) is 37.5 Å². The zero-order chi connectivity index (χ0) is 26.3. The van der Waals surface area contributed by atoms with Crippen LogP contribution in [0.3, 0.4) is 0 Å². The number of amides is 1. The van der Waals surface area contributed by atoms with Crippen LogP contribution in [-0.2, 0) is 21.7 Å². The predicted molar refractivity (Wildman–Crippen MR) is 137 cm³/mol. The van der Waals surface area contributed by atoms with E-state index in [1.165, 1.54) is 0 Å². The Morgan fingerprint density at radius 1 is 1.22 bits per heavy atom. The van der Waals surface area contributed by atoms with Crippen molar-refractivity contribution >= 4 is 29.8 Å². The van der Waals surface area contributed by atoms with Crippen molar-refractivity contribution in [3.8, 4) is 0 Å². The molecule has 194 valence electrons. The molecule has 0 aliphatic carbocycles. The number of hydrogen-bond acceptors (Lipinski definition) is 7. The first-order chi connectivity index (χ1) is 17.0. The SMILES string of the molecule is CC1OCc2ncnc(N3CCN(C(c4ccc(Cl)cc4)([C@H](C=O)NC(=O)O)C(C)(C)C)C[C@@H]3C)c21. The zero-order valence-corrected chi connectivity index (χ0v) is 22.1. The molecule has 4 rings (SSSR count). The number of fused-ring (bicyclic) bond motifs is 1. The second-order valence-electron chi connectivity index (χ2n) is 10.6. The summed E-state index contributed by atoms with van der Waals surface area (Å²) in [5.41, 5.74) is 1.27. The minimum Gasteiger partial charge on any atom is -0.465 e. The van der Waals surface area contributed by atoms with Gasteiger partial charge in [0.05, 0.1) is 23.9 Å². The highest BCUT2D eigenvalue weighted by molar-refractivity contribution is 6.30. The second kappa shape index (κ2) is 9.95. The Kier molecular flexibility index (Phi) is 7.28. The van der Waals surface area contributed by atoms with Crippen molar-refractivity contribution in [1.29, 1.82) is 0 Å². The highest BCUT2D eigenvalue weighted by atomic mass is 35.5. The van der Waals surface area contributed by atoms with Crippen molar-refractivity contribution < 1.29 is 19.4 Å². The minimum absolute atomic E-state index is 0.0247. The lowest BCUT2D eigenvalue weighted by atomic mass is 9.63. The topological polar surface area (TPSA) is 108 Å². The highest BCUT2D eigenvalue weighted by Gasteiger charge is 2.55. The predicted octanol–water partition coefficient (Wildman–Crippen LogP) is 4.01. The third-order valence-electron chi connectivity index (χ3n) is 7.51. The molecule has 2 aliphatic heterocycles. The maximum Gasteiger partial charge on any atom is 0.405 e. The summed E-state index contributed by atoms with van der Waals surface area (Å²) in [5.74, 6) is 0.876. The van der Waals surface area contributed by atoms with E-state index in [0.717, 1.165) is 22.6 Å². The van der Waals surface area contributed by atoms with Crippen LogP contribution in [0, 0.1) is 5.41 Å². The molecule has 1 aromatic heterocycles. The number of nitrogens with one attached hydrogen (secondary N) is 1. The number of nitrogens with zero attached hydrogens (tertiary/aromatic N) is 4. The molecule has 2 aliphatic rings. The van der Waals surface area contributed by atoms with Crippen molar-refractivity contribution in [2.45, 2.75) is 65.0 Å². The highest BCUT2D eigenvalue weighted by Crippen LogP contribution is 2.48. The number of carbonyl (C=O) groups excluding carboxylic acids is 1. The largest absolute Gasteiger partial charge is 0.465 e. The molecule has 3 heterocycles. The lowest BCUT2D eigenvalue weighted by Gasteiger charge is -2.58. The number of aromatic nitrogens is 2. The minimum atomic E-state index is -1.24. The van der Waals surface area contributed by atoms with E-state index in [2.05, 4.69) is 32.0 Å². The van der Waals surface area contributed by atoms with E-state index in [4.69, 9.17) is 16.3 Å². The van der Waals surface area contributed by atoms with Gasteiger partial charge in [-0.2, -0.15) is 0 Å². The Morgan fingerprint density at radius 2 is 1.92 bits per heavy atom. The van der Waals surface area contributed by atoms with E-state index in [1.54, 1.807) is 18.5 Å². The molecule has 4 atom stereocenters. The lowest BCUT2D eigenvalue weighted by Crippen LogP contribution is -2.70. The third-order valence-corrected chi connectivity index (χ3v) is 7.77. The number of ether oxygens (including phenoxy) is 1. The standard InChI is InChI=1S/C26H34ClN5O4/c1-16-12-31(10-11-32(16)23-22-17(2)36-14-20(22)28-15-29-23)26(25(3,4)5,21(13-33)30-24(34)35)18-6-8-19(27)9-7-18/h6-9,13,15-17,21,30H,10-12,14H2,1-5H3,(H,34,35)/t16-,17?,21-,26?/m0/s1. The van der Waals surface area contributed by atoms with Gasteiger partial charge < -0.3 is 24.9 Å². The number of benzene rings is 1. The van der Waals surface area contributed by atoms with Crippen molar-refractivity contribution in [3.05, 3.63) is 52.4 Å². The van der Waals surface area contributed by atoms with Gasteiger partial charge in [0.25, 0.3) is 0 Å². The molecule has 1 fully saturated rings. The molecule has 0 radical (unpaired) electrons. The average Bonchev–Trinajstić information content (AvgIpc) is 3.20. The number of anilines is 1. The van der Waals surface area contributed by atoms with Crippen LogP contribution >= 0.6 is 11.6 Å². The van der Waals surface area contributed by atoms with Gasteiger partial charge >= 0.3 is 6.09 Å². The van der Waals surface area contributed by atoms with Gasteiger partial charge in [0, 0.05) is 36.3 Å². The summed E-state index contributed by atoms with van der Waals surface area (Å²) in [6, 6.07) is 6.36. The normalized spacial score (nSPS) is 23.0. The second-order valence-corrected chi connectivity index (χ2v) is 11.0. The first-order valence-electron chi connectivity index (χ1n) is 12.2. The molecule has 0 saturated carbocycles. The summed E-state index contributed by atoms with van der Waals surface area (Å²) >= 11 is 6.21. The molecule has 2 N–H and O–H groups in total. The van der Waals surface area contributed by atoms with Crippen molar-refractivity contribution in [2.24, 2.45) is 5.41 Å². The molecule has 1 aromatic carbocycles. The summed E-state index contributed by atoms with van der Waals surface area (Å²) < 4.78 is 5.81. The van der Waals surface area contributed by atoms with E-state index in [1.807, 2.05) is 39.8 Å². The number of hydrogen-bond donors (Lipinski definition) is 2. The van der Waals surface area contributed by atoms with Crippen LogP contribution in [0.4, 0.5) is 10.6 Å². The van der Waals surface area contributed by atoms with Crippen molar-refractivity contribution in [2.75, 3.05) is 24.5 Å². The van der Waals surface area contributed by atoms with Crippen LogP contribution in [-0.4, -0.2) is 64.1 Å². The Labute approximate surface area is 216 Å². The zero-order valence-electron chi connectivity index (χ0n) is 21.4. The van der Waals surface area contributed by atoms with Crippen molar-refractivity contribution in [3.63, 3.8) is 0 Å². The molecule has 2 aromatic rings. The maximum absolute atomic E-state index is 12.5. The van der Waals surface area contributed by atoms with Crippen LogP contribution in [0.2, 0.25) is 5.02 Å². The van der Waals surface area contributed by atoms with Gasteiger partial charge in [0.15, 0.2) is 0 Å². The summed E-state index contributed by atoms with van der Waals surface area (Å²) in [4.78, 5) is 37.9. The first kappa shape index (κ1) is 26.3. The molecule has 0 bridgehead atoms. The van der Waals surface area contributed by atoms with Crippen LogP contribution in [0.15, 0.2) is 30.6 Å². The van der Waals surface area contributed by atoms with Crippen LogP contribution in [0.1, 0.15) is 57.5 Å². The number of aldehydes is 1. The molecule has 1 saturated heterocycles. The Bertz CT molecular complexity index is 1120. The Morgan fingerprint density at radius 3 is 2.50 bits per heavy atom. The lowest BCUT2D eigenvalue weighted by molar-refractivity contribution is -0.120. The van der Waals surface area contributed by atoms with Crippen LogP contribution in [0.25, 0.3) is 0 Å². The van der Waals surface area contributed by atoms with Crippen LogP contribution < -0.4 is 10.2 Å². The summed E-state index contributed by atoms with van der Waals surface area (Å²) in [6.45, 7) is 12.5. The van der Waals surface area contributed by atoms with E-state index >= 15 is 0 Å². The van der Waals surface area contributed by atoms with Gasteiger partial charge in [0.2, 0.25) is 0 Å². The Hall–Kier alpha value is -2.75. The molecule has 0 spiro atoms. The van der Waals surface area contributed by atoms with E-state index < -0.39 is 23.1 Å². The fourth-order valence-electron chi connectivity index (χ4n) is 6.07. The number of carbonyl (C=O) groups is 2. The average molecular weight is 516 g/mol. The molecule has 2 unspecified atom stereocenters. The van der Waals surface area contributed by atoms with Crippen molar-refractivity contribution in [1.82, 2.24) is 20.2 Å². The first-order valence-corrected chi connectivity index (χ1v) is 12.6. The number of halogens is 1. The van der Waals surface area contributed by atoms with Gasteiger partial charge in [-0.05, 0) is 37.0 Å². The smallest absolute Gasteiger partial charge is 0.405 e. The maximum atomic E-state index is 12.5. The number of carboxylic acid groups (broad SMARTS) is 1. The van der Waals surface area contributed by atoms with Gasteiger partial charge in [-0.1, -0.05) is 44.5 Å². The molecule has 1 amide bonds. The summed E-state index contributed by atoms with van der Waals surface area (Å²) in [7, 11) is 0. The fourth-order valence-corrected chi connectivity index (χ4v) is 6.19. The molecule has 9 nitrogen and oxygen atoms in total. The number of piperazine rings is 1. The third kappa shape index (κ3) is 4.44. The van der Waals surface area contributed by atoms with Crippen LogP contribution in [0.5, 0.6) is 0 Å². The van der Waals surface area contributed by atoms with Gasteiger partial charge in [-0.25, -0.2) is 14.8 Å². The molecular formula is C26H34ClN5O4. The monoisotopic (exact) mass is 515 g/mol. The van der Waals surface area contributed by atoms with Gasteiger partial charge in [-0.3, -0.25) is 4.90 Å². The van der Waals surface area contributed by atoms with E-state index in [-0.39, 0.29) is 12.1 Å². The molecule has 10 heteroatoms. The molecular weight excluding hydrogens is 482 g/mol. The molecule has 36 heavy (non-hydrogen) atoms. The van der Waals surface area contributed by atoms with Gasteiger partial charge in [-0.15, -0.1) is 0 Å². The Balaban J connectivity index is 1.78. The fraction of sp³-hybridized carbons (Fsp3) is 0.538. The number of rotatable bonds is 6. The quantitative estimate of drug-likeness (QED) is 0.556.